The molecule has 0 aliphatic carbocycles. The zero-order valence-corrected chi connectivity index (χ0v) is 6.06. The summed E-state index contributed by atoms with van der Waals surface area (Å²) in [5.41, 5.74) is 0.125. The van der Waals surface area contributed by atoms with Crippen molar-refractivity contribution in [2.75, 3.05) is 0 Å². The van der Waals surface area contributed by atoms with E-state index in [0.717, 1.165) is 5.76 Å². The summed E-state index contributed by atoms with van der Waals surface area (Å²) in [7, 11) is 0. The first-order valence-electron chi connectivity index (χ1n) is 3.06. The molecule has 1 nitrogen and oxygen atoms in total. The van der Waals surface area contributed by atoms with Gasteiger partial charge >= 0.3 is 0 Å². The molecule has 0 aliphatic heterocycles. The molecule has 1 heteroatoms. The molecule has 0 amide bonds. The molecule has 0 atom stereocenters. The molecule has 9 heavy (non-hydrogen) atoms. The Morgan fingerprint density at radius 1 is 1.44 bits per heavy atom. The SMILES string of the molecule is CC(C)(C)c1c[c]co1. The van der Waals surface area contributed by atoms with Gasteiger partial charge in [-0.2, -0.15) is 0 Å². The summed E-state index contributed by atoms with van der Waals surface area (Å²) in [6, 6.07) is 4.74. The van der Waals surface area contributed by atoms with Crippen LogP contribution in [0.4, 0.5) is 0 Å². The molecule has 0 aromatic carbocycles. The maximum Gasteiger partial charge on any atom is 0.109 e. The van der Waals surface area contributed by atoms with Crippen molar-refractivity contribution in [3.8, 4) is 0 Å². The predicted octanol–water partition coefficient (Wildman–Crippen LogP) is 2.38. The number of hydrogen-bond donors (Lipinski definition) is 0. The Morgan fingerprint density at radius 2 is 2.11 bits per heavy atom. The second-order valence-electron chi connectivity index (χ2n) is 3.16. The van der Waals surface area contributed by atoms with Crippen molar-refractivity contribution >= 4 is 0 Å². The molecule has 0 aliphatic rings. The first kappa shape index (κ1) is 6.40. The Hall–Kier alpha value is -0.720. The lowest BCUT2D eigenvalue weighted by Crippen LogP contribution is -2.08. The molecule has 1 aromatic rings. The molecule has 0 fully saturated rings. The van der Waals surface area contributed by atoms with Gasteiger partial charge < -0.3 is 4.42 Å². The lowest BCUT2D eigenvalue weighted by Gasteiger charge is -2.13. The van der Waals surface area contributed by atoms with Crippen LogP contribution in [-0.2, 0) is 5.41 Å². The Morgan fingerprint density at radius 3 is 2.33 bits per heavy atom. The van der Waals surface area contributed by atoms with Gasteiger partial charge in [0.25, 0.3) is 0 Å². The molecule has 49 valence electrons. The van der Waals surface area contributed by atoms with Crippen LogP contribution in [0.1, 0.15) is 26.5 Å². The van der Waals surface area contributed by atoms with Gasteiger partial charge in [-0.25, -0.2) is 0 Å². The summed E-state index contributed by atoms with van der Waals surface area (Å²) in [5.74, 6) is 0.988. The average Bonchev–Trinajstić information content (AvgIpc) is 2.08. The highest BCUT2D eigenvalue weighted by atomic mass is 16.3. The monoisotopic (exact) mass is 123 g/mol. The largest absolute Gasteiger partial charge is 0.468 e. The van der Waals surface area contributed by atoms with Gasteiger partial charge in [0.2, 0.25) is 0 Å². The van der Waals surface area contributed by atoms with Crippen molar-refractivity contribution in [1.29, 1.82) is 0 Å². The van der Waals surface area contributed by atoms with Crippen molar-refractivity contribution in [1.82, 2.24) is 0 Å². The lowest BCUT2D eigenvalue weighted by molar-refractivity contribution is 0.409. The summed E-state index contributed by atoms with van der Waals surface area (Å²) >= 11 is 0. The molecule has 1 aromatic heterocycles. The summed E-state index contributed by atoms with van der Waals surface area (Å²) < 4.78 is 5.14. The van der Waals surface area contributed by atoms with Crippen LogP contribution in [-0.4, -0.2) is 0 Å². The van der Waals surface area contributed by atoms with Crippen molar-refractivity contribution in [2.24, 2.45) is 0 Å². The van der Waals surface area contributed by atoms with Crippen molar-refractivity contribution in [2.45, 2.75) is 26.2 Å². The molecule has 1 heterocycles. The highest BCUT2D eigenvalue weighted by Crippen LogP contribution is 2.21. The summed E-state index contributed by atoms with van der Waals surface area (Å²) in [6.45, 7) is 6.33. The van der Waals surface area contributed by atoms with Gasteiger partial charge in [0.15, 0.2) is 0 Å². The number of rotatable bonds is 0. The Labute approximate surface area is 55.7 Å². The van der Waals surface area contributed by atoms with Gasteiger partial charge in [0.05, 0.1) is 6.26 Å². The van der Waals surface area contributed by atoms with E-state index >= 15 is 0 Å². The Bertz CT molecular complexity index is 167. The zero-order valence-electron chi connectivity index (χ0n) is 6.06. The van der Waals surface area contributed by atoms with Crippen LogP contribution in [0.15, 0.2) is 16.7 Å². The first-order chi connectivity index (χ1) is 4.11. The molecule has 1 radical (unpaired) electrons. The van der Waals surface area contributed by atoms with E-state index < -0.39 is 0 Å². The molecule has 0 saturated heterocycles. The quantitative estimate of drug-likeness (QED) is 0.516. The second kappa shape index (κ2) is 1.90. The molecule has 0 saturated carbocycles. The summed E-state index contributed by atoms with van der Waals surface area (Å²) in [6.07, 6.45) is 1.58. The number of furan rings is 1. The molecule has 0 unspecified atom stereocenters. The van der Waals surface area contributed by atoms with Gasteiger partial charge in [-0.3, -0.25) is 0 Å². The van der Waals surface area contributed by atoms with Gasteiger partial charge in [0.1, 0.15) is 5.76 Å². The molecular weight excluding hydrogens is 112 g/mol. The predicted molar refractivity (Wildman–Crippen MR) is 36.2 cm³/mol. The summed E-state index contributed by atoms with van der Waals surface area (Å²) in [4.78, 5) is 0. The maximum absolute atomic E-state index is 5.14. The standard InChI is InChI=1S/C8H11O/c1-8(2,3)7-5-4-6-9-7/h5-6H,1-3H3. The van der Waals surface area contributed by atoms with E-state index in [-0.39, 0.29) is 5.41 Å². The van der Waals surface area contributed by atoms with Gasteiger partial charge in [-0.05, 0) is 6.07 Å². The minimum Gasteiger partial charge on any atom is -0.468 e. The van der Waals surface area contributed by atoms with Gasteiger partial charge in [-0.15, -0.1) is 0 Å². The average molecular weight is 123 g/mol. The normalized spacial score (nSPS) is 11.9. The van der Waals surface area contributed by atoms with Crippen LogP contribution >= 0.6 is 0 Å². The van der Waals surface area contributed by atoms with Crippen LogP contribution in [0.3, 0.4) is 0 Å². The van der Waals surface area contributed by atoms with Crippen molar-refractivity contribution < 1.29 is 4.42 Å². The topological polar surface area (TPSA) is 13.1 Å². The van der Waals surface area contributed by atoms with E-state index in [2.05, 4.69) is 26.8 Å². The molecule has 0 spiro atoms. The molecule has 0 N–H and O–H groups in total. The third kappa shape index (κ3) is 1.35. The minimum absolute atomic E-state index is 0.125. The van der Waals surface area contributed by atoms with Crippen molar-refractivity contribution in [3.05, 3.63) is 24.2 Å². The van der Waals surface area contributed by atoms with E-state index in [1.54, 1.807) is 6.26 Å². The Balaban J connectivity index is 2.90. The number of hydrogen-bond acceptors (Lipinski definition) is 1. The Kier molecular flexibility index (Phi) is 1.35. The second-order valence-corrected chi connectivity index (χ2v) is 3.16. The van der Waals surface area contributed by atoms with Crippen LogP contribution in [0.2, 0.25) is 0 Å². The minimum atomic E-state index is 0.125. The van der Waals surface area contributed by atoms with E-state index in [0.29, 0.717) is 0 Å². The van der Waals surface area contributed by atoms with Gasteiger partial charge in [0, 0.05) is 11.5 Å². The first-order valence-corrected chi connectivity index (χ1v) is 3.06. The van der Waals surface area contributed by atoms with Crippen LogP contribution in [0.25, 0.3) is 0 Å². The summed E-state index contributed by atoms with van der Waals surface area (Å²) in [5, 5.41) is 0. The fourth-order valence-electron chi connectivity index (χ4n) is 0.635. The fourth-order valence-corrected chi connectivity index (χ4v) is 0.635. The maximum atomic E-state index is 5.14. The van der Waals surface area contributed by atoms with Crippen LogP contribution < -0.4 is 0 Å². The van der Waals surface area contributed by atoms with Crippen LogP contribution in [0, 0.1) is 6.07 Å². The van der Waals surface area contributed by atoms with Crippen molar-refractivity contribution in [3.63, 3.8) is 0 Å². The molecule has 1 rings (SSSR count). The lowest BCUT2D eigenvalue weighted by atomic mass is 9.94. The fraction of sp³-hybridized carbons (Fsp3) is 0.500. The third-order valence-corrected chi connectivity index (χ3v) is 1.21. The highest BCUT2D eigenvalue weighted by Gasteiger charge is 2.15. The third-order valence-electron chi connectivity index (χ3n) is 1.21. The van der Waals surface area contributed by atoms with E-state index in [4.69, 9.17) is 4.42 Å². The smallest absolute Gasteiger partial charge is 0.109 e. The zero-order chi connectivity index (χ0) is 6.91. The molecular formula is C8H11O. The van der Waals surface area contributed by atoms with Gasteiger partial charge in [-0.1, -0.05) is 20.8 Å². The van der Waals surface area contributed by atoms with E-state index in [1.165, 1.54) is 0 Å². The van der Waals surface area contributed by atoms with Crippen LogP contribution in [0.5, 0.6) is 0 Å². The highest BCUT2D eigenvalue weighted by molar-refractivity contribution is 5.07. The van der Waals surface area contributed by atoms with E-state index in [9.17, 15) is 0 Å². The molecule has 0 bridgehead atoms. The van der Waals surface area contributed by atoms with E-state index in [1.807, 2.05) is 6.07 Å².